The summed E-state index contributed by atoms with van der Waals surface area (Å²) in [6, 6.07) is 5.65. The zero-order valence-corrected chi connectivity index (χ0v) is 11.0. The molecular weight excluding hydrogens is 244 g/mol. The second kappa shape index (κ2) is 5.80. The third kappa shape index (κ3) is 2.85. The van der Waals surface area contributed by atoms with Crippen molar-refractivity contribution in [3.8, 4) is 11.5 Å². The van der Waals surface area contributed by atoms with Gasteiger partial charge in [-0.25, -0.2) is 0 Å². The lowest BCUT2D eigenvalue weighted by atomic mass is 9.98. The van der Waals surface area contributed by atoms with Gasteiger partial charge < -0.3 is 19.3 Å². The summed E-state index contributed by atoms with van der Waals surface area (Å²) in [5, 5.41) is 10.4. The first-order valence-electron chi connectivity index (χ1n) is 7.04. The lowest BCUT2D eigenvalue weighted by Gasteiger charge is -2.27. The van der Waals surface area contributed by atoms with Gasteiger partial charge >= 0.3 is 0 Å². The second-order valence-corrected chi connectivity index (χ2v) is 5.11. The molecule has 4 nitrogen and oxygen atoms in total. The van der Waals surface area contributed by atoms with Crippen LogP contribution in [0.3, 0.4) is 0 Å². The number of benzene rings is 1. The van der Waals surface area contributed by atoms with E-state index in [0.717, 1.165) is 49.4 Å². The van der Waals surface area contributed by atoms with Crippen molar-refractivity contribution < 1.29 is 19.3 Å². The summed E-state index contributed by atoms with van der Waals surface area (Å²) in [6.45, 7) is 2.08. The van der Waals surface area contributed by atoms with E-state index < -0.39 is 6.10 Å². The smallest absolute Gasteiger partial charge is 0.161 e. The predicted molar refractivity (Wildman–Crippen MR) is 70.6 cm³/mol. The van der Waals surface area contributed by atoms with Gasteiger partial charge in [0, 0.05) is 13.0 Å². The minimum atomic E-state index is -0.586. The summed E-state index contributed by atoms with van der Waals surface area (Å²) in [7, 11) is 0. The molecule has 2 unspecified atom stereocenters. The molecule has 1 aromatic rings. The lowest BCUT2D eigenvalue weighted by Crippen LogP contribution is -2.26. The van der Waals surface area contributed by atoms with E-state index in [2.05, 4.69) is 0 Å². The highest BCUT2D eigenvalue weighted by atomic mass is 16.5. The van der Waals surface area contributed by atoms with Crippen LogP contribution in [0.25, 0.3) is 0 Å². The number of hydrogen-bond donors (Lipinski definition) is 1. The van der Waals surface area contributed by atoms with Crippen molar-refractivity contribution in [3.05, 3.63) is 23.8 Å². The van der Waals surface area contributed by atoms with E-state index in [1.165, 1.54) is 0 Å². The molecular formula is C15H20O4. The standard InChI is InChI=1S/C15H20O4/c16-15(13-4-1-2-7-18-13)11-5-6-12-14(10-11)19-9-3-8-17-12/h5-6,10,13,15-16H,1-4,7-9H2. The molecule has 2 heterocycles. The van der Waals surface area contributed by atoms with Crippen LogP contribution in [0, 0.1) is 0 Å². The van der Waals surface area contributed by atoms with Crippen molar-refractivity contribution >= 4 is 0 Å². The largest absolute Gasteiger partial charge is 0.490 e. The van der Waals surface area contributed by atoms with Crippen LogP contribution in [0.4, 0.5) is 0 Å². The Hall–Kier alpha value is -1.26. The van der Waals surface area contributed by atoms with E-state index in [4.69, 9.17) is 14.2 Å². The summed E-state index contributed by atoms with van der Waals surface area (Å²) < 4.78 is 16.9. The van der Waals surface area contributed by atoms with Gasteiger partial charge in [-0.15, -0.1) is 0 Å². The summed E-state index contributed by atoms with van der Waals surface area (Å²) in [5.74, 6) is 1.49. The molecule has 19 heavy (non-hydrogen) atoms. The summed E-state index contributed by atoms with van der Waals surface area (Å²) >= 11 is 0. The first-order valence-corrected chi connectivity index (χ1v) is 7.04. The summed E-state index contributed by atoms with van der Waals surface area (Å²) in [6.07, 6.45) is 3.32. The van der Waals surface area contributed by atoms with Gasteiger partial charge in [0.25, 0.3) is 0 Å². The maximum Gasteiger partial charge on any atom is 0.161 e. The van der Waals surface area contributed by atoms with Crippen molar-refractivity contribution in [2.75, 3.05) is 19.8 Å². The van der Waals surface area contributed by atoms with E-state index in [1.54, 1.807) is 0 Å². The highest BCUT2D eigenvalue weighted by molar-refractivity contribution is 5.44. The van der Waals surface area contributed by atoms with Crippen LogP contribution in [0.15, 0.2) is 18.2 Å². The third-order valence-electron chi connectivity index (χ3n) is 3.68. The minimum Gasteiger partial charge on any atom is -0.490 e. The van der Waals surface area contributed by atoms with Crippen LogP contribution in [0.1, 0.15) is 37.4 Å². The SMILES string of the molecule is OC(c1ccc2c(c1)OCCCO2)C1CCCCO1. The van der Waals surface area contributed by atoms with Gasteiger partial charge in [0.15, 0.2) is 11.5 Å². The molecule has 0 amide bonds. The molecule has 3 rings (SSSR count). The normalized spacial score (nSPS) is 24.6. The fourth-order valence-electron chi connectivity index (χ4n) is 2.59. The predicted octanol–water partition coefficient (Wildman–Crippen LogP) is 2.45. The second-order valence-electron chi connectivity index (χ2n) is 5.11. The molecule has 0 saturated carbocycles. The summed E-state index contributed by atoms with van der Waals surface area (Å²) in [5.41, 5.74) is 0.844. The molecule has 1 aromatic carbocycles. The Morgan fingerprint density at radius 2 is 1.84 bits per heavy atom. The van der Waals surface area contributed by atoms with Gasteiger partial charge in [0.2, 0.25) is 0 Å². The number of hydrogen-bond acceptors (Lipinski definition) is 4. The Bertz CT molecular complexity index is 426. The molecule has 104 valence electrons. The lowest BCUT2D eigenvalue weighted by molar-refractivity contribution is -0.0633. The molecule has 2 aliphatic rings. The van der Waals surface area contributed by atoms with Crippen LogP contribution in [0.2, 0.25) is 0 Å². The monoisotopic (exact) mass is 264 g/mol. The molecule has 0 radical (unpaired) electrons. The minimum absolute atomic E-state index is 0.0986. The quantitative estimate of drug-likeness (QED) is 0.891. The molecule has 1 saturated heterocycles. The number of fused-ring (bicyclic) bond motifs is 1. The third-order valence-corrected chi connectivity index (χ3v) is 3.68. The van der Waals surface area contributed by atoms with E-state index in [1.807, 2.05) is 18.2 Å². The van der Waals surface area contributed by atoms with E-state index in [0.29, 0.717) is 13.2 Å². The molecule has 4 heteroatoms. The van der Waals surface area contributed by atoms with Crippen molar-refractivity contribution in [1.82, 2.24) is 0 Å². The van der Waals surface area contributed by atoms with E-state index in [-0.39, 0.29) is 6.10 Å². The van der Waals surface area contributed by atoms with Crippen LogP contribution >= 0.6 is 0 Å². The highest BCUT2D eigenvalue weighted by Crippen LogP contribution is 2.34. The van der Waals surface area contributed by atoms with Gasteiger partial charge in [0.05, 0.1) is 19.3 Å². The number of aliphatic hydroxyl groups excluding tert-OH is 1. The molecule has 0 aromatic heterocycles. The highest BCUT2D eigenvalue weighted by Gasteiger charge is 2.25. The zero-order valence-electron chi connectivity index (χ0n) is 11.0. The Morgan fingerprint density at radius 3 is 2.63 bits per heavy atom. The topological polar surface area (TPSA) is 47.9 Å². The Kier molecular flexibility index (Phi) is 3.89. The number of ether oxygens (including phenoxy) is 3. The first kappa shape index (κ1) is 12.8. The molecule has 2 aliphatic heterocycles. The van der Waals surface area contributed by atoms with Crippen molar-refractivity contribution in [3.63, 3.8) is 0 Å². The van der Waals surface area contributed by atoms with E-state index in [9.17, 15) is 5.11 Å². The fourth-order valence-corrected chi connectivity index (χ4v) is 2.59. The number of aliphatic hydroxyl groups is 1. The maximum atomic E-state index is 10.4. The maximum absolute atomic E-state index is 10.4. The van der Waals surface area contributed by atoms with Gasteiger partial charge in [-0.05, 0) is 37.0 Å². The van der Waals surface area contributed by atoms with Crippen LogP contribution in [-0.4, -0.2) is 31.0 Å². The van der Waals surface area contributed by atoms with E-state index >= 15 is 0 Å². The Labute approximate surface area is 113 Å². The van der Waals surface area contributed by atoms with Crippen molar-refractivity contribution in [2.24, 2.45) is 0 Å². The Balaban J connectivity index is 1.78. The van der Waals surface area contributed by atoms with Gasteiger partial charge in [-0.2, -0.15) is 0 Å². The molecule has 0 spiro atoms. The molecule has 0 bridgehead atoms. The first-order chi connectivity index (χ1) is 9.34. The van der Waals surface area contributed by atoms with Gasteiger partial charge in [-0.1, -0.05) is 6.07 Å². The van der Waals surface area contributed by atoms with Crippen LogP contribution in [0.5, 0.6) is 11.5 Å². The molecule has 2 atom stereocenters. The molecule has 1 N–H and O–H groups in total. The van der Waals surface area contributed by atoms with Crippen LogP contribution in [-0.2, 0) is 4.74 Å². The molecule has 0 aliphatic carbocycles. The zero-order chi connectivity index (χ0) is 13.1. The van der Waals surface area contributed by atoms with Crippen LogP contribution < -0.4 is 9.47 Å². The number of rotatable bonds is 2. The average molecular weight is 264 g/mol. The molecule has 1 fully saturated rings. The van der Waals surface area contributed by atoms with Gasteiger partial charge in [-0.3, -0.25) is 0 Å². The van der Waals surface area contributed by atoms with Crippen molar-refractivity contribution in [1.29, 1.82) is 0 Å². The fraction of sp³-hybridized carbons (Fsp3) is 0.600. The average Bonchev–Trinajstić information content (AvgIpc) is 2.72. The van der Waals surface area contributed by atoms with Crippen molar-refractivity contribution in [2.45, 2.75) is 37.9 Å². The summed E-state index contributed by atoms with van der Waals surface area (Å²) in [4.78, 5) is 0. The Morgan fingerprint density at radius 1 is 1.00 bits per heavy atom. The van der Waals surface area contributed by atoms with Gasteiger partial charge in [0.1, 0.15) is 6.10 Å².